The lowest BCUT2D eigenvalue weighted by Crippen LogP contribution is -2.44. The Balaban J connectivity index is 1.78. The van der Waals surface area contributed by atoms with Crippen molar-refractivity contribution in [2.75, 3.05) is 18.5 Å². The Morgan fingerprint density at radius 3 is 2.46 bits per heavy atom. The van der Waals surface area contributed by atoms with Crippen LogP contribution in [0.3, 0.4) is 0 Å². The van der Waals surface area contributed by atoms with Crippen LogP contribution in [-0.2, 0) is 26.2 Å². The lowest BCUT2D eigenvalue weighted by molar-refractivity contribution is -0.141. The van der Waals surface area contributed by atoms with Gasteiger partial charge in [0.05, 0.1) is 11.3 Å². The number of aliphatic carboxylic acids is 1. The lowest BCUT2D eigenvalue weighted by atomic mass is 9.73. The van der Waals surface area contributed by atoms with E-state index in [1.54, 1.807) is 31.2 Å². The van der Waals surface area contributed by atoms with E-state index in [2.05, 4.69) is 5.32 Å². The molecule has 1 atom stereocenters. The van der Waals surface area contributed by atoms with E-state index in [4.69, 9.17) is 9.84 Å². The summed E-state index contributed by atoms with van der Waals surface area (Å²) in [5.74, 6) is -1.87. The van der Waals surface area contributed by atoms with Gasteiger partial charge in [-0.05, 0) is 54.7 Å². The zero-order chi connectivity index (χ0) is 20.1. The van der Waals surface area contributed by atoms with Crippen LogP contribution in [0.15, 0.2) is 48.5 Å². The van der Waals surface area contributed by atoms with Gasteiger partial charge in [-0.3, -0.25) is 9.59 Å². The molecule has 2 N–H and O–H groups in total. The average Bonchev–Trinajstić information content (AvgIpc) is 2.69. The van der Waals surface area contributed by atoms with Crippen molar-refractivity contribution in [3.8, 4) is 0 Å². The van der Waals surface area contributed by atoms with Crippen molar-refractivity contribution in [2.24, 2.45) is 5.92 Å². The molecule has 1 fully saturated rings. The van der Waals surface area contributed by atoms with Crippen molar-refractivity contribution in [1.82, 2.24) is 0 Å². The van der Waals surface area contributed by atoms with E-state index in [9.17, 15) is 14.0 Å². The Morgan fingerprint density at radius 2 is 1.86 bits per heavy atom. The fourth-order valence-electron chi connectivity index (χ4n) is 3.57. The monoisotopic (exact) mass is 385 g/mol. The number of nitrogens with one attached hydrogen (secondary N) is 1. The molecule has 28 heavy (non-hydrogen) atoms. The number of halogens is 1. The molecule has 3 rings (SSSR count). The minimum Gasteiger partial charge on any atom is -0.481 e. The molecule has 0 saturated carbocycles. The van der Waals surface area contributed by atoms with Crippen LogP contribution >= 0.6 is 0 Å². The van der Waals surface area contributed by atoms with E-state index in [1.165, 1.54) is 12.1 Å². The summed E-state index contributed by atoms with van der Waals surface area (Å²) in [6.45, 7) is 2.54. The summed E-state index contributed by atoms with van der Waals surface area (Å²) in [6, 6.07) is 13.3. The smallest absolute Gasteiger partial charge is 0.306 e. The largest absolute Gasteiger partial charge is 0.481 e. The number of benzene rings is 2. The first-order chi connectivity index (χ1) is 13.4. The minimum atomic E-state index is -0.839. The SMILES string of the molecule is CC(Cc1ccc(NC(=O)C2(c3cccc(F)c3)CCOCC2)cc1)C(=O)O. The molecule has 6 heteroatoms. The summed E-state index contributed by atoms with van der Waals surface area (Å²) in [7, 11) is 0. The Morgan fingerprint density at radius 1 is 1.18 bits per heavy atom. The van der Waals surface area contributed by atoms with Crippen LogP contribution in [0.5, 0.6) is 0 Å². The van der Waals surface area contributed by atoms with Crippen LogP contribution in [0.2, 0.25) is 0 Å². The standard InChI is InChI=1S/C22H24FNO4/c1-15(20(25)26)13-16-5-7-19(8-6-16)24-21(27)22(9-11-28-12-10-22)17-3-2-4-18(23)14-17/h2-8,14-15H,9-13H2,1H3,(H,24,27)(H,25,26). The van der Waals surface area contributed by atoms with Crippen LogP contribution in [0.25, 0.3) is 0 Å². The van der Waals surface area contributed by atoms with Gasteiger partial charge in [0.25, 0.3) is 0 Å². The normalized spacial score (nSPS) is 16.9. The Bertz CT molecular complexity index is 844. The van der Waals surface area contributed by atoms with E-state index >= 15 is 0 Å². The predicted octanol–water partition coefficient (Wildman–Crippen LogP) is 3.78. The molecule has 1 aliphatic heterocycles. The summed E-state index contributed by atoms with van der Waals surface area (Å²) in [4.78, 5) is 24.2. The van der Waals surface area contributed by atoms with Gasteiger partial charge in [-0.15, -0.1) is 0 Å². The number of carboxylic acids is 1. The second kappa shape index (κ2) is 8.52. The number of hydrogen-bond donors (Lipinski definition) is 2. The van der Waals surface area contributed by atoms with Crippen LogP contribution in [0.1, 0.15) is 30.9 Å². The number of rotatable bonds is 6. The fourth-order valence-corrected chi connectivity index (χ4v) is 3.57. The van der Waals surface area contributed by atoms with Crippen molar-refractivity contribution in [1.29, 1.82) is 0 Å². The van der Waals surface area contributed by atoms with Gasteiger partial charge in [-0.2, -0.15) is 0 Å². The molecule has 1 aliphatic rings. The first-order valence-corrected chi connectivity index (χ1v) is 9.38. The minimum absolute atomic E-state index is 0.187. The van der Waals surface area contributed by atoms with Crippen molar-refractivity contribution < 1.29 is 23.8 Å². The first kappa shape index (κ1) is 20.0. The topological polar surface area (TPSA) is 75.6 Å². The predicted molar refractivity (Wildman–Crippen MR) is 104 cm³/mol. The molecule has 1 heterocycles. The molecule has 0 spiro atoms. The van der Waals surface area contributed by atoms with Gasteiger partial charge in [-0.1, -0.05) is 31.2 Å². The number of amides is 1. The molecular formula is C22H24FNO4. The van der Waals surface area contributed by atoms with Gasteiger partial charge in [0.1, 0.15) is 5.82 Å². The summed E-state index contributed by atoms with van der Waals surface area (Å²) in [6.07, 6.45) is 1.39. The van der Waals surface area contributed by atoms with Gasteiger partial charge in [-0.25, -0.2) is 4.39 Å². The Kier molecular flexibility index (Phi) is 6.09. The number of anilines is 1. The van der Waals surface area contributed by atoms with Crippen LogP contribution in [-0.4, -0.2) is 30.2 Å². The quantitative estimate of drug-likeness (QED) is 0.794. The zero-order valence-corrected chi connectivity index (χ0v) is 15.8. The molecule has 1 saturated heterocycles. The molecular weight excluding hydrogens is 361 g/mol. The second-order valence-electron chi connectivity index (χ2n) is 7.30. The number of carboxylic acid groups (broad SMARTS) is 1. The van der Waals surface area contributed by atoms with Crippen LogP contribution in [0.4, 0.5) is 10.1 Å². The molecule has 5 nitrogen and oxygen atoms in total. The molecule has 0 bridgehead atoms. The third-order valence-electron chi connectivity index (χ3n) is 5.33. The molecule has 2 aromatic carbocycles. The Labute approximate surface area is 163 Å². The van der Waals surface area contributed by atoms with E-state index in [0.29, 0.717) is 43.7 Å². The molecule has 148 valence electrons. The molecule has 0 aliphatic carbocycles. The average molecular weight is 385 g/mol. The van der Waals surface area contributed by atoms with Crippen LogP contribution in [0, 0.1) is 11.7 Å². The van der Waals surface area contributed by atoms with Crippen molar-refractivity contribution in [2.45, 2.75) is 31.6 Å². The number of carbonyl (C=O) groups excluding carboxylic acids is 1. The maximum atomic E-state index is 13.8. The molecule has 2 aromatic rings. The molecule has 0 aromatic heterocycles. The summed E-state index contributed by atoms with van der Waals surface area (Å²) >= 11 is 0. The van der Waals surface area contributed by atoms with E-state index in [1.807, 2.05) is 12.1 Å². The first-order valence-electron chi connectivity index (χ1n) is 9.38. The third kappa shape index (κ3) is 4.39. The molecule has 0 radical (unpaired) electrons. The highest BCUT2D eigenvalue weighted by atomic mass is 19.1. The number of carbonyl (C=O) groups is 2. The van der Waals surface area contributed by atoms with Gasteiger partial charge in [0.2, 0.25) is 5.91 Å². The third-order valence-corrected chi connectivity index (χ3v) is 5.33. The maximum Gasteiger partial charge on any atom is 0.306 e. The molecule has 1 unspecified atom stereocenters. The summed E-state index contributed by atoms with van der Waals surface area (Å²) in [5, 5.41) is 12.0. The van der Waals surface area contributed by atoms with Crippen molar-refractivity contribution in [3.63, 3.8) is 0 Å². The van der Waals surface area contributed by atoms with Crippen molar-refractivity contribution in [3.05, 3.63) is 65.5 Å². The van der Waals surface area contributed by atoms with E-state index < -0.39 is 17.3 Å². The molecule has 1 amide bonds. The van der Waals surface area contributed by atoms with Gasteiger partial charge in [0, 0.05) is 18.9 Å². The summed E-state index contributed by atoms with van der Waals surface area (Å²) < 4.78 is 19.2. The lowest BCUT2D eigenvalue weighted by Gasteiger charge is -2.36. The zero-order valence-electron chi connectivity index (χ0n) is 15.8. The summed E-state index contributed by atoms with van der Waals surface area (Å²) in [5.41, 5.74) is 1.33. The second-order valence-corrected chi connectivity index (χ2v) is 7.30. The fraction of sp³-hybridized carbons (Fsp3) is 0.364. The number of hydrogen-bond acceptors (Lipinski definition) is 3. The van der Waals surface area contributed by atoms with Crippen LogP contribution < -0.4 is 5.32 Å². The van der Waals surface area contributed by atoms with Gasteiger partial charge >= 0.3 is 5.97 Å². The van der Waals surface area contributed by atoms with Crippen molar-refractivity contribution >= 4 is 17.6 Å². The van der Waals surface area contributed by atoms with Gasteiger partial charge < -0.3 is 15.2 Å². The van der Waals surface area contributed by atoms with E-state index in [0.717, 1.165) is 5.56 Å². The van der Waals surface area contributed by atoms with Gasteiger partial charge in [0.15, 0.2) is 0 Å². The Hall–Kier alpha value is -2.73. The highest BCUT2D eigenvalue weighted by Crippen LogP contribution is 2.36. The maximum absolute atomic E-state index is 13.8. The van der Waals surface area contributed by atoms with E-state index in [-0.39, 0.29) is 11.7 Å². The number of ether oxygens (including phenoxy) is 1. The highest BCUT2D eigenvalue weighted by molar-refractivity contribution is 5.99. The highest BCUT2D eigenvalue weighted by Gasteiger charge is 2.42.